The van der Waals surface area contributed by atoms with E-state index in [4.69, 9.17) is 0 Å². The summed E-state index contributed by atoms with van der Waals surface area (Å²) in [4.78, 5) is 0. The Bertz CT molecular complexity index is 1010. The second-order valence-electron chi connectivity index (χ2n) is 5.80. The van der Waals surface area contributed by atoms with Gasteiger partial charge in [-0.15, -0.1) is 0 Å². The summed E-state index contributed by atoms with van der Waals surface area (Å²) in [6.45, 7) is 0. The van der Waals surface area contributed by atoms with Crippen LogP contribution in [-0.2, 0) is 0 Å². The van der Waals surface area contributed by atoms with Crippen molar-refractivity contribution in [2.75, 3.05) is 0 Å². The molecule has 0 fully saturated rings. The predicted octanol–water partition coefficient (Wildman–Crippen LogP) is 5.54. The molecular weight excluding hydrogens is 302 g/mol. The lowest BCUT2D eigenvalue weighted by Crippen LogP contribution is -1.93. The number of hydrogen-bond donors (Lipinski definition) is 0. The van der Waals surface area contributed by atoms with Crippen molar-refractivity contribution in [3.63, 3.8) is 0 Å². The van der Waals surface area contributed by atoms with Crippen LogP contribution in [0.3, 0.4) is 0 Å². The molecule has 0 spiro atoms. The number of benzene rings is 3. The summed E-state index contributed by atoms with van der Waals surface area (Å²) < 4.78 is 2.09. The van der Waals surface area contributed by atoms with Crippen LogP contribution in [0.15, 0.2) is 103 Å². The van der Waals surface area contributed by atoms with Crippen LogP contribution in [-0.4, -0.2) is 4.57 Å². The van der Waals surface area contributed by atoms with Gasteiger partial charge < -0.3 is 4.57 Å². The van der Waals surface area contributed by atoms with Gasteiger partial charge in [0.05, 0.1) is 5.69 Å². The molecule has 0 aliphatic heterocycles. The van der Waals surface area contributed by atoms with Crippen molar-refractivity contribution in [1.29, 1.82) is 0 Å². The molecule has 3 aromatic carbocycles. The SMILES string of the molecule is C(#Cc1ccccc1-n1cccc1)c1ccc(-c2ccccc2)cc1. The van der Waals surface area contributed by atoms with Crippen molar-refractivity contribution in [2.45, 2.75) is 0 Å². The molecule has 118 valence electrons. The Balaban J connectivity index is 1.62. The summed E-state index contributed by atoms with van der Waals surface area (Å²) in [5.74, 6) is 6.58. The molecule has 4 rings (SSSR count). The van der Waals surface area contributed by atoms with E-state index in [1.165, 1.54) is 11.1 Å². The van der Waals surface area contributed by atoms with E-state index >= 15 is 0 Å². The van der Waals surface area contributed by atoms with Crippen LogP contribution in [0, 0.1) is 11.8 Å². The third-order valence-corrected chi connectivity index (χ3v) is 4.12. The second-order valence-corrected chi connectivity index (χ2v) is 5.80. The van der Waals surface area contributed by atoms with Gasteiger partial charge >= 0.3 is 0 Å². The van der Waals surface area contributed by atoms with Crippen molar-refractivity contribution in [3.05, 3.63) is 115 Å². The zero-order valence-corrected chi connectivity index (χ0v) is 13.8. The monoisotopic (exact) mass is 319 g/mol. The molecule has 0 aliphatic carbocycles. The van der Waals surface area contributed by atoms with Gasteiger partial charge in [0.1, 0.15) is 0 Å². The predicted molar refractivity (Wildman–Crippen MR) is 104 cm³/mol. The molecule has 0 radical (unpaired) electrons. The Kier molecular flexibility index (Phi) is 4.18. The summed E-state index contributed by atoms with van der Waals surface area (Å²) in [6, 6.07) is 31.0. The third kappa shape index (κ3) is 3.39. The van der Waals surface area contributed by atoms with E-state index in [-0.39, 0.29) is 0 Å². The van der Waals surface area contributed by atoms with Gasteiger partial charge in [-0.3, -0.25) is 0 Å². The molecule has 0 bridgehead atoms. The Labute approximate surface area is 148 Å². The van der Waals surface area contributed by atoms with Gasteiger partial charge in [-0.1, -0.05) is 66.4 Å². The number of aromatic nitrogens is 1. The van der Waals surface area contributed by atoms with Crippen LogP contribution >= 0.6 is 0 Å². The first kappa shape index (κ1) is 15.1. The van der Waals surface area contributed by atoms with E-state index < -0.39 is 0 Å². The lowest BCUT2D eigenvalue weighted by atomic mass is 10.0. The molecule has 1 heterocycles. The van der Waals surface area contributed by atoms with Gasteiger partial charge in [0.2, 0.25) is 0 Å². The topological polar surface area (TPSA) is 4.93 Å². The summed E-state index contributed by atoms with van der Waals surface area (Å²) in [7, 11) is 0. The van der Waals surface area contributed by atoms with Crippen molar-refractivity contribution < 1.29 is 0 Å². The molecular formula is C24H17N. The quantitative estimate of drug-likeness (QED) is 0.427. The van der Waals surface area contributed by atoms with E-state index in [0.29, 0.717) is 0 Å². The summed E-state index contributed by atoms with van der Waals surface area (Å²) >= 11 is 0. The molecule has 0 N–H and O–H groups in total. The first-order valence-corrected chi connectivity index (χ1v) is 8.30. The molecule has 25 heavy (non-hydrogen) atoms. The molecule has 4 aromatic rings. The maximum Gasteiger partial charge on any atom is 0.0606 e. The Morgan fingerprint density at radius 3 is 1.92 bits per heavy atom. The summed E-state index contributed by atoms with van der Waals surface area (Å²) in [5, 5.41) is 0. The number of rotatable bonds is 2. The number of nitrogens with zero attached hydrogens (tertiary/aromatic N) is 1. The molecule has 0 saturated carbocycles. The van der Waals surface area contributed by atoms with Crippen LogP contribution in [0.1, 0.15) is 11.1 Å². The fourth-order valence-electron chi connectivity index (χ4n) is 2.82. The van der Waals surface area contributed by atoms with Crippen LogP contribution in [0.25, 0.3) is 16.8 Å². The fraction of sp³-hybridized carbons (Fsp3) is 0. The molecule has 0 aliphatic rings. The average molecular weight is 319 g/mol. The highest BCUT2D eigenvalue weighted by Gasteiger charge is 2.00. The lowest BCUT2D eigenvalue weighted by molar-refractivity contribution is 1.07. The minimum Gasteiger partial charge on any atom is -0.323 e. The zero-order valence-electron chi connectivity index (χ0n) is 13.8. The normalized spacial score (nSPS) is 10.1. The minimum atomic E-state index is 1.02. The maximum absolute atomic E-state index is 3.31. The van der Waals surface area contributed by atoms with E-state index in [0.717, 1.165) is 16.8 Å². The number of hydrogen-bond acceptors (Lipinski definition) is 0. The van der Waals surface area contributed by atoms with E-state index in [2.05, 4.69) is 77.1 Å². The fourth-order valence-corrected chi connectivity index (χ4v) is 2.82. The molecule has 1 aromatic heterocycles. The van der Waals surface area contributed by atoms with Crippen LogP contribution in [0.5, 0.6) is 0 Å². The Morgan fingerprint density at radius 2 is 1.16 bits per heavy atom. The molecule has 1 nitrogen and oxygen atoms in total. The molecule has 0 atom stereocenters. The molecule has 1 heteroatoms. The van der Waals surface area contributed by atoms with Crippen molar-refractivity contribution in [2.24, 2.45) is 0 Å². The largest absolute Gasteiger partial charge is 0.323 e. The summed E-state index contributed by atoms with van der Waals surface area (Å²) in [5.41, 5.74) is 5.56. The van der Waals surface area contributed by atoms with Crippen molar-refractivity contribution in [1.82, 2.24) is 4.57 Å². The standard InChI is InChI=1S/C24H17N/c1-2-8-21(9-3-1)22-15-12-20(13-16-22)14-17-23-10-4-5-11-24(23)25-18-6-7-19-25/h1-13,15-16,18-19H. The minimum absolute atomic E-state index is 1.02. The van der Waals surface area contributed by atoms with Gasteiger partial charge in [-0.25, -0.2) is 0 Å². The van der Waals surface area contributed by atoms with E-state index in [1.807, 2.05) is 42.7 Å². The first-order chi connectivity index (χ1) is 12.4. The Hall–Kier alpha value is -3.50. The smallest absolute Gasteiger partial charge is 0.0606 e. The molecule has 0 unspecified atom stereocenters. The second kappa shape index (κ2) is 6.95. The van der Waals surface area contributed by atoms with E-state index in [9.17, 15) is 0 Å². The highest BCUT2D eigenvalue weighted by Crippen LogP contribution is 2.19. The van der Waals surface area contributed by atoms with Crippen LogP contribution < -0.4 is 0 Å². The highest BCUT2D eigenvalue weighted by atomic mass is 14.9. The average Bonchev–Trinajstić information content (AvgIpc) is 3.22. The van der Waals surface area contributed by atoms with Crippen LogP contribution in [0.4, 0.5) is 0 Å². The van der Waals surface area contributed by atoms with Gasteiger partial charge in [0.25, 0.3) is 0 Å². The van der Waals surface area contributed by atoms with Crippen molar-refractivity contribution in [3.8, 4) is 28.7 Å². The van der Waals surface area contributed by atoms with Gasteiger partial charge in [0, 0.05) is 23.5 Å². The maximum atomic E-state index is 3.31. The Morgan fingerprint density at radius 1 is 0.520 bits per heavy atom. The van der Waals surface area contributed by atoms with Gasteiger partial charge in [0.15, 0.2) is 0 Å². The first-order valence-electron chi connectivity index (χ1n) is 8.30. The van der Waals surface area contributed by atoms with Gasteiger partial charge in [-0.2, -0.15) is 0 Å². The third-order valence-electron chi connectivity index (χ3n) is 4.12. The lowest BCUT2D eigenvalue weighted by Gasteiger charge is -2.05. The summed E-state index contributed by atoms with van der Waals surface area (Å²) in [6.07, 6.45) is 4.07. The van der Waals surface area contributed by atoms with Gasteiger partial charge in [-0.05, 0) is 47.5 Å². The van der Waals surface area contributed by atoms with Crippen LogP contribution in [0.2, 0.25) is 0 Å². The molecule has 0 saturated heterocycles. The van der Waals surface area contributed by atoms with Crippen molar-refractivity contribution >= 4 is 0 Å². The van der Waals surface area contributed by atoms with E-state index in [1.54, 1.807) is 0 Å². The highest BCUT2D eigenvalue weighted by molar-refractivity contribution is 5.64. The zero-order chi connectivity index (χ0) is 16.9. The number of para-hydroxylation sites is 1. The molecule has 0 amide bonds.